The van der Waals surface area contributed by atoms with Crippen molar-refractivity contribution in [3.63, 3.8) is 0 Å². The first-order chi connectivity index (χ1) is 5.10. The van der Waals surface area contributed by atoms with Crippen LogP contribution in [0.15, 0.2) is 0 Å². The van der Waals surface area contributed by atoms with Gasteiger partial charge in [-0.2, -0.15) is 0 Å². The van der Waals surface area contributed by atoms with Crippen LogP contribution in [-0.2, 0) is 0 Å². The van der Waals surface area contributed by atoms with Crippen LogP contribution in [0.5, 0.6) is 0 Å². The number of hydrogen-bond donors (Lipinski definition) is 0. The van der Waals surface area contributed by atoms with Gasteiger partial charge in [0, 0.05) is 0 Å². The molecule has 0 bridgehead atoms. The molecular weight excluding hydrogens is 134 g/mol. The molecule has 0 spiro atoms. The first-order valence-corrected chi connectivity index (χ1v) is 4.93. The Hall–Kier alpha value is -0.0400. The van der Waals surface area contributed by atoms with E-state index in [2.05, 4.69) is 41.7 Å². The van der Waals surface area contributed by atoms with Crippen molar-refractivity contribution in [2.45, 2.75) is 41.0 Å². The Labute approximate surface area is 73.0 Å². The van der Waals surface area contributed by atoms with Gasteiger partial charge >= 0.3 is 0 Å². The molecule has 0 radical (unpaired) electrons. The molecule has 0 amide bonds. The van der Waals surface area contributed by atoms with Gasteiger partial charge in [-0.25, -0.2) is 0 Å². The first kappa shape index (κ1) is 13.5. The molecule has 0 aliphatic heterocycles. The minimum Gasteiger partial charge on any atom is -0.327 e. The van der Waals surface area contributed by atoms with E-state index in [1.165, 1.54) is 30.5 Å². The zero-order chi connectivity index (χ0) is 9.33. The van der Waals surface area contributed by atoms with Crippen LogP contribution in [0, 0.1) is 0 Å². The quantitative estimate of drug-likeness (QED) is 0.557. The van der Waals surface area contributed by atoms with Crippen LogP contribution in [0.4, 0.5) is 0 Å². The van der Waals surface area contributed by atoms with E-state index >= 15 is 0 Å². The standard InChI is InChI=1S/C7H18N.C3H8/c1-5-8(4,6-2)7-3;1-3-2/h5-7H2,1-4H3;3H2,1-2H3/q+1;. The highest BCUT2D eigenvalue weighted by atomic mass is 15.3. The molecule has 0 aromatic carbocycles. The molecule has 0 heterocycles. The third-order valence-corrected chi connectivity index (χ3v) is 2.29. The van der Waals surface area contributed by atoms with E-state index in [1.54, 1.807) is 0 Å². The van der Waals surface area contributed by atoms with Crippen LogP contribution in [0.2, 0.25) is 0 Å². The van der Waals surface area contributed by atoms with Gasteiger partial charge in [0.05, 0.1) is 26.7 Å². The number of nitrogens with zero attached hydrogens (tertiary/aromatic N) is 1. The van der Waals surface area contributed by atoms with Crippen LogP contribution < -0.4 is 0 Å². The summed E-state index contributed by atoms with van der Waals surface area (Å²) in [5.41, 5.74) is 0. The van der Waals surface area contributed by atoms with E-state index in [0.29, 0.717) is 0 Å². The van der Waals surface area contributed by atoms with Gasteiger partial charge in [-0.05, 0) is 20.8 Å². The van der Waals surface area contributed by atoms with E-state index in [-0.39, 0.29) is 0 Å². The Morgan fingerprint density at radius 1 is 0.727 bits per heavy atom. The van der Waals surface area contributed by atoms with E-state index in [9.17, 15) is 0 Å². The van der Waals surface area contributed by atoms with Crippen LogP contribution in [0.25, 0.3) is 0 Å². The highest BCUT2D eigenvalue weighted by Crippen LogP contribution is 1.97. The predicted octanol–water partition coefficient (Wildman–Crippen LogP) is 2.91. The average Bonchev–Trinajstić information content (AvgIpc) is 2.05. The molecule has 70 valence electrons. The molecular formula is C10H26N+. The first-order valence-electron chi connectivity index (χ1n) is 4.93. The van der Waals surface area contributed by atoms with Gasteiger partial charge in [0.15, 0.2) is 0 Å². The maximum atomic E-state index is 2.29. The Balaban J connectivity index is 0. The molecule has 0 saturated carbocycles. The molecule has 0 aromatic rings. The molecule has 1 nitrogen and oxygen atoms in total. The lowest BCUT2D eigenvalue weighted by molar-refractivity contribution is -0.904. The molecule has 1 heteroatoms. The minimum absolute atomic E-state index is 1.21. The van der Waals surface area contributed by atoms with Gasteiger partial charge in [0.1, 0.15) is 0 Å². The number of hydrogen-bond acceptors (Lipinski definition) is 0. The second kappa shape index (κ2) is 8.06. The predicted molar refractivity (Wildman–Crippen MR) is 53.8 cm³/mol. The summed E-state index contributed by atoms with van der Waals surface area (Å²) in [6.45, 7) is 14.8. The van der Waals surface area contributed by atoms with Crippen molar-refractivity contribution in [2.75, 3.05) is 26.7 Å². The fourth-order valence-corrected chi connectivity index (χ4v) is 0.671. The molecule has 0 aliphatic carbocycles. The Morgan fingerprint density at radius 3 is 0.909 bits per heavy atom. The largest absolute Gasteiger partial charge is 0.327 e. The van der Waals surface area contributed by atoms with Gasteiger partial charge in [-0.3, -0.25) is 0 Å². The monoisotopic (exact) mass is 160 g/mol. The Kier molecular flexibility index (Phi) is 9.92. The van der Waals surface area contributed by atoms with Crippen LogP contribution >= 0.6 is 0 Å². The topological polar surface area (TPSA) is 0 Å². The van der Waals surface area contributed by atoms with Crippen molar-refractivity contribution < 1.29 is 4.48 Å². The highest BCUT2D eigenvalue weighted by Gasteiger charge is 2.10. The normalized spacial score (nSPS) is 10.4. The maximum Gasteiger partial charge on any atom is 0.0755 e. The van der Waals surface area contributed by atoms with Crippen molar-refractivity contribution in [3.05, 3.63) is 0 Å². The van der Waals surface area contributed by atoms with Crippen molar-refractivity contribution >= 4 is 0 Å². The number of rotatable bonds is 3. The van der Waals surface area contributed by atoms with E-state index < -0.39 is 0 Å². The van der Waals surface area contributed by atoms with Gasteiger partial charge < -0.3 is 4.48 Å². The molecule has 11 heavy (non-hydrogen) atoms. The van der Waals surface area contributed by atoms with Crippen molar-refractivity contribution in [2.24, 2.45) is 0 Å². The maximum absolute atomic E-state index is 2.29. The summed E-state index contributed by atoms with van der Waals surface area (Å²) in [7, 11) is 2.29. The van der Waals surface area contributed by atoms with Gasteiger partial charge in [-0.1, -0.05) is 20.3 Å². The second-order valence-corrected chi connectivity index (χ2v) is 3.28. The van der Waals surface area contributed by atoms with E-state index in [1.807, 2.05) is 0 Å². The number of quaternary nitrogens is 1. The molecule has 0 fully saturated rings. The summed E-state index contributed by atoms with van der Waals surface area (Å²) in [6.07, 6.45) is 1.25. The zero-order valence-corrected chi connectivity index (χ0v) is 9.28. The third kappa shape index (κ3) is 7.86. The summed E-state index contributed by atoms with van der Waals surface area (Å²) in [5, 5.41) is 0. The summed E-state index contributed by atoms with van der Waals surface area (Å²) >= 11 is 0. The van der Waals surface area contributed by atoms with Gasteiger partial charge in [0.2, 0.25) is 0 Å². The smallest absolute Gasteiger partial charge is 0.0755 e. The van der Waals surface area contributed by atoms with Crippen molar-refractivity contribution in [3.8, 4) is 0 Å². The van der Waals surface area contributed by atoms with Gasteiger partial charge in [-0.15, -0.1) is 0 Å². The molecule has 0 rings (SSSR count). The van der Waals surface area contributed by atoms with Crippen molar-refractivity contribution in [1.29, 1.82) is 0 Å². The van der Waals surface area contributed by atoms with Crippen LogP contribution in [0.1, 0.15) is 41.0 Å². The fourth-order valence-electron chi connectivity index (χ4n) is 0.671. The van der Waals surface area contributed by atoms with Crippen LogP contribution in [-0.4, -0.2) is 31.2 Å². The molecule has 0 aromatic heterocycles. The van der Waals surface area contributed by atoms with Crippen molar-refractivity contribution in [1.82, 2.24) is 0 Å². The zero-order valence-electron chi connectivity index (χ0n) is 9.28. The lowest BCUT2D eigenvalue weighted by Crippen LogP contribution is -2.42. The van der Waals surface area contributed by atoms with Crippen LogP contribution in [0.3, 0.4) is 0 Å². The van der Waals surface area contributed by atoms with E-state index in [4.69, 9.17) is 0 Å². The Morgan fingerprint density at radius 2 is 0.909 bits per heavy atom. The molecule has 0 unspecified atom stereocenters. The highest BCUT2D eigenvalue weighted by molar-refractivity contribution is 4.24. The fraction of sp³-hybridized carbons (Fsp3) is 1.00. The molecule has 0 aliphatic rings. The lowest BCUT2D eigenvalue weighted by Gasteiger charge is -2.30. The van der Waals surface area contributed by atoms with Gasteiger partial charge in [0.25, 0.3) is 0 Å². The average molecular weight is 160 g/mol. The second-order valence-electron chi connectivity index (χ2n) is 3.28. The lowest BCUT2D eigenvalue weighted by atomic mass is 10.4. The summed E-state index contributed by atoms with van der Waals surface area (Å²) in [5.74, 6) is 0. The Bertz CT molecular complexity index is 57.0. The molecule has 0 atom stereocenters. The summed E-state index contributed by atoms with van der Waals surface area (Å²) < 4.78 is 1.21. The minimum atomic E-state index is 1.21. The summed E-state index contributed by atoms with van der Waals surface area (Å²) in [4.78, 5) is 0. The molecule has 0 N–H and O–H groups in total. The molecule has 0 saturated heterocycles. The SMILES string of the molecule is CCC.CC[N+](C)(CC)CC. The summed E-state index contributed by atoms with van der Waals surface area (Å²) in [6, 6.07) is 0. The third-order valence-electron chi connectivity index (χ3n) is 2.29. The van der Waals surface area contributed by atoms with E-state index in [0.717, 1.165) is 0 Å².